The van der Waals surface area contributed by atoms with E-state index in [-0.39, 0.29) is 21.4 Å². The van der Waals surface area contributed by atoms with Crippen molar-refractivity contribution in [3.63, 3.8) is 0 Å². The largest absolute Gasteiger partial charge is 0.476 e. The fourth-order valence-corrected chi connectivity index (χ4v) is 1.91. The highest BCUT2D eigenvalue weighted by Gasteiger charge is 2.17. The third kappa shape index (κ3) is 2.83. The summed E-state index contributed by atoms with van der Waals surface area (Å²) in [6, 6.07) is 7.11. The van der Waals surface area contributed by atoms with E-state index in [0.717, 1.165) is 0 Å². The maximum Gasteiger partial charge on any atom is 0.356 e. The number of hydrogen-bond donors (Lipinski definition) is 2. The van der Waals surface area contributed by atoms with Crippen LogP contribution in [0.1, 0.15) is 20.8 Å². The lowest BCUT2D eigenvalue weighted by Crippen LogP contribution is -2.17. The van der Waals surface area contributed by atoms with Gasteiger partial charge in [-0.15, -0.1) is 0 Å². The SMILES string of the molecule is O=C(Nc1cccnc1C(=O)O)c1cccc(Br)c1F. The minimum Gasteiger partial charge on any atom is -0.476 e. The van der Waals surface area contributed by atoms with Gasteiger partial charge in [0.25, 0.3) is 5.91 Å². The lowest BCUT2D eigenvalue weighted by molar-refractivity contribution is 0.0692. The van der Waals surface area contributed by atoms with Crippen molar-refractivity contribution >= 4 is 33.5 Å². The number of aromatic carboxylic acids is 1. The summed E-state index contributed by atoms with van der Waals surface area (Å²) >= 11 is 2.98. The second-order valence-electron chi connectivity index (χ2n) is 3.76. The van der Waals surface area contributed by atoms with Crippen molar-refractivity contribution in [2.24, 2.45) is 0 Å². The Morgan fingerprint density at radius 2 is 2.00 bits per heavy atom. The number of pyridine rings is 1. The smallest absolute Gasteiger partial charge is 0.356 e. The number of hydrogen-bond acceptors (Lipinski definition) is 3. The molecule has 102 valence electrons. The maximum atomic E-state index is 13.8. The number of nitrogens with one attached hydrogen (secondary N) is 1. The van der Waals surface area contributed by atoms with Gasteiger partial charge in [0.1, 0.15) is 5.82 Å². The summed E-state index contributed by atoms with van der Waals surface area (Å²) < 4.78 is 13.9. The van der Waals surface area contributed by atoms with Gasteiger partial charge in [0, 0.05) is 6.20 Å². The van der Waals surface area contributed by atoms with E-state index in [9.17, 15) is 14.0 Å². The zero-order valence-corrected chi connectivity index (χ0v) is 11.5. The summed E-state index contributed by atoms with van der Waals surface area (Å²) in [6.07, 6.45) is 1.29. The molecular formula is C13H8BrFN2O3. The molecule has 0 atom stereocenters. The van der Waals surface area contributed by atoms with E-state index in [1.165, 1.54) is 36.5 Å². The van der Waals surface area contributed by atoms with Crippen LogP contribution in [-0.4, -0.2) is 22.0 Å². The molecular weight excluding hydrogens is 331 g/mol. The van der Waals surface area contributed by atoms with E-state index in [2.05, 4.69) is 26.2 Å². The van der Waals surface area contributed by atoms with E-state index in [0.29, 0.717) is 0 Å². The highest BCUT2D eigenvalue weighted by atomic mass is 79.9. The second-order valence-corrected chi connectivity index (χ2v) is 4.61. The van der Waals surface area contributed by atoms with Crippen LogP contribution in [0.2, 0.25) is 0 Å². The van der Waals surface area contributed by atoms with Gasteiger partial charge in [-0.05, 0) is 40.2 Å². The summed E-state index contributed by atoms with van der Waals surface area (Å²) in [5, 5.41) is 11.3. The fourth-order valence-electron chi connectivity index (χ4n) is 1.55. The van der Waals surface area contributed by atoms with Crippen molar-refractivity contribution < 1.29 is 19.1 Å². The van der Waals surface area contributed by atoms with E-state index in [1.54, 1.807) is 0 Å². The fraction of sp³-hybridized carbons (Fsp3) is 0. The normalized spacial score (nSPS) is 10.1. The summed E-state index contributed by atoms with van der Waals surface area (Å²) in [6.45, 7) is 0. The Morgan fingerprint density at radius 1 is 1.25 bits per heavy atom. The van der Waals surface area contributed by atoms with Gasteiger partial charge in [0.15, 0.2) is 5.69 Å². The molecule has 0 spiro atoms. The number of benzene rings is 1. The Hall–Kier alpha value is -2.28. The molecule has 0 radical (unpaired) electrons. The maximum absolute atomic E-state index is 13.8. The van der Waals surface area contributed by atoms with Crippen LogP contribution in [0.3, 0.4) is 0 Å². The van der Waals surface area contributed by atoms with Crippen molar-refractivity contribution in [1.82, 2.24) is 4.98 Å². The minimum absolute atomic E-state index is 0.00405. The molecule has 0 bridgehead atoms. The highest BCUT2D eigenvalue weighted by molar-refractivity contribution is 9.10. The molecule has 5 nitrogen and oxygen atoms in total. The van der Waals surface area contributed by atoms with Crippen molar-refractivity contribution in [1.29, 1.82) is 0 Å². The first-order valence-corrected chi connectivity index (χ1v) is 6.23. The van der Waals surface area contributed by atoms with Crippen LogP contribution < -0.4 is 5.32 Å². The Bertz CT molecular complexity index is 691. The van der Waals surface area contributed by atoms with E-state index in [4.69, 9.17) is 5.11 Å². The number of halogens is 2. The molecule has 0 aliphatic rings. The number of carboxylic acids is 1. The average Bonchev–Trinajstić information content (AvgIpc) is 2.42. The Labute approximate surface area is 121 Å². The molecule has 0 saturated heterocycles. The number of anilines is 1. The van der Waals surface area contributed by atoms with Crippen LogP contribution >= 0.6 is 15.9 Å². The van der Waals surface area contributed by atoms with Gasteiger partial charge >= 0.3 is 5.97 Å². The average molecular weight is 339 g/mol. The standard InChI is InChI=1S/C13H8BrFN2O3/c14-8-4-1-3-7(10(8)15)12(18)17-9-5-2-6-16-11(9)13(19)20/h1-6H,(H,17,18)(H,19,20). The van der Waals surface area contributed by atoms with Gasteiger partial charge in [0.2, 0.25) is 0 Å². The zero-order valence-electron chi connectivity index (χ0n) is 9.93. The lowest BCUT2D eigenvalue weighted by Gasteiger charge is -2.08. The van der Waals surface area contributed by atoms with Crippen molar-refractivity contribution in [3.8, 4) is 0 Å². The van der Waals surface area contributed by atoms with Gasteiger partial charge in [-0.3, -0.25) is 4.79 Å². The van der Waals surface area contributed by atoms with Crippen LogP contribution in [-0.2, 0) is 0 Å². The minimum atomic E-state index is -1.28. The Balaban J connectivity index is 2.33. The van der Waals surface area contributed by atoms with Crippen LogP contribution in [0.25, 0.3) is 0 Å². The van der Waals surface area contributed by atoms with Gasteiger partial charge < -0.3 is 10.4 Å². The first-order valence-electron chi connectivity index (χ1n) is 5.44. The predicted octanol–water partition coefficient (Wildman–Crippen LogP) is 2.93. The van der Waals surface area contributed by atoms with E-state index in [1.807, 2.05) is 0 Å². The monoisotopic (exact) mass is 338 g/mol. The predicted molar refractivity (Wildman–Crippen MR) is 73.2 cm³/mol. The van der Waals surface area contributed by atoms with Crippen LogP contribution in [0.15, 0.2) is 41.0 Å². The summed E-state index contributed by atoms with van der Waals surface area (Å²) in [5.74, 6) is -2.75. The van der Waals surface area contributed by atoms with E-state index < -0.39 is 17.7 Å². The Kier molecular flexibility index (Phi) is 4.09. The summed E-state index contributed by atoms with van der Waals surface area (Å²) in [7, 11) is 0. The molecule has 1 aromatic carbocycles. The number of amides is 1. The number of aromatic nitrogens is 1. The molecule has 2 N–H and O–H groups in total. The molecule has 2 aromatic rings. The zero-order chi connectivity index (χ0) is 14.7. The Morgan fingerprint density at radius 3 is 2.70 bits per heavy atom. The molecule has 2 rings (SSSR count). The third-order valence-electron chi connectivity index (χ3n) is 2.45. The van der Waals surface area contributed by atoms with Gasteiger partial charge in [-0.25, -0.2) is 14.2 Å². The van der Waals surface area contributed by atoms with Crippen molar-refractivity contribution in [2.45, 2.75) is 0 Å². The lowest BCUT2D eigenvalue weighted by atomic mass is 10.2. The first kappa shape index (κ1) is 14.1. The molecule has 1 aromatic heterocycles. The van der Waals surface area contributed by atoms with Crippen LogP contribution in [0.4, 0.5) is 10.1 Å². The third-order valence-corrected chi connectivity index (χ3v) is 3.07. The topological polar surface area (TPSA) is 79.3 Å². The van der Waals surface area contributed by atoms with Gasteiger partial charge in [-0.1, -0.05) is 6.07 Å². The van der Waals surface area contributed by atoms with Gasteiger partial charge in [0.05, 0.1) is 15.7 Å². The number of carbonyl (C=O) groups is 2. The molecule has 0 aliphatic heterocycles. The molecule has 0 saturated carbocycles. The molecule has 0 fully saturated rings. The summed E-state index contributed by atoms with van der Waals surface area (Å²) in [5.41, 5.74) is -0.500. The molecule has 1 amide bonds. The number of carbonyl (C=O) groups excluding carboxylic acids is 1. The highest BCUT2D eigenvalue weighted by Crippen LogP contribution is 2.20. The van der Waals surface area contributed by atoms with Crippen LogP contribution in [0.5, 0.6) is 0 Å². The number of rotatable bonds is 3. The molecule has 7 heteroatoms. The molecule has 1 heterocycles. The quantitative estimate of drug-likeness (QED) is 0.901. The van der Waals surface area contributed by atoms with Crippen molar-refractivity contribution in [2.75, 3.05) is 5.32 Å². The number of carboxylic acid groups (broad SMARTS) is 1. The van der Waals surface area contributed by atoms with Crippen LogP contribution in [0, 0.1) is 5.82 Å². The molecule has 0 unspecified atom stereocenters. The summed E-state index contributed by atoms with van der Waals surface area (Å²) in [4.78, 5) is 26.6. The number of nitrogens with zero attached hydrogens (tertiary/aromatic N) is 1. The molecule has 0 aliphatic carbocycles. The van der Waals surface area contributed by atoms with E-state index >= 15 is 0 Å². The second kappa shape index (κ2) is 5.79. The molecule has 20 heavy (non-hydrogen) atoms. The van der Waals surface area contributed by atoms with Crippen molar-refractivity contribution in [3.05, 3.63) is 58.1 Å². The van der Waals surface area contributed by atoms with Gasteiger partial charge in [-0.2, -0.15) is 0 Å². The first-order chi connectivity index (χ1) is 9.50.